The molecular weight excluding hydrogens is 234 g/mol. The molecular formula is C16H29N3. The molecule has 19 heavy (non-hydrogen) atoms. The highest BCUT2D eigenvalue weighted by Gasteiger charge is 2.41. The first kappa shape index (κ1) is 14.8. The Hall–Kier alpha value is -0.590. The zero-order valence-electron chi connectivity index (χ0n) is 12.8. The topological polar surface area (TPSA) is 39.1 Å². The maximum Gasteiger partial charge on any atom is 0.108 e. The van der Waals surface area contributed by atoms with E-state index >= 15 is 0 Å². The number of likely N-dealkylation sites (tertiary alicyclic amines) is 1. The average Bonchev–Trinajstić information content (AvgIpc) is 2.77. The van der Waals surface area contributed by atoms with E-state index in [1.165, 1.54) is 32.4 Å². The minimum Gasteiger partial charge on any atom is -0.300 e. The van der Waals surface area contributed by atoms with E-state index in [0.717, 1.165) is 25.8 Å². The average molecular weight is 263 g/mol. The Bertz CT molecular complexity index is 344. The third kappa shape index (κ3) is 3.49. The normalized spacial score (nSPS) is 35.2. The van der Waals surface area contributed by atoms with Gasteiger partial charge in [0.1, 0.15) is 5.54 Å². The lowest BCUT2D eigenvalue weighted by Crippen LogP contribution is -2.52. The quantitative estimate of drug-likeness (QED) is 0.847. The first-order valence-electron chi connectivity index (χ1n) is 7.91. The van der Waals surface area contributed by atoms with Crippen molar-refractivity contribution in [2.75, 3.05) is 19.6 Å². The van der Waals surface area contributed by atoms with Gasteiger partial charge in [0.2, 0.25) is 0 Å². The van der Waals surface area contributed by atoms with Crippen molar-refractivity contribution in [2.45, 2.75) is 70.9 Å². The van der Waals surface area contributed by atoms with Crippen LogP contribution in [0.2, 0.25) is 0 Å². The van der Waals surface area contributed by atoms with Crippen LogP contribution in [0.25, 0.3) is 0 Å². The van der Waals surface area contributed by atoms with Crippen molar-refractivity contribution in [3.8, 4) is 6.07 Å². The van der Waals surface area contributed by atoms with E-state index < -0.39 is 0 Å². The van der Waals surface area contributed by atoms with Gasteiger partial charge in [0, 0.05) is 12.6 Å². The molecule has 0 spiro atoms. The van der Waals surface area contributed by atoms with Crippen LogP contribution in [0.3, 0.4) is 0 Å². The maximum absolute atomic E-state index is 9.60. The fourth-order valence-corrected chi connectivity index (χ4v) is 3.69. The van der Waals surface area contributed by atoms with Crippen LogP contribution >= 0.6 is 0 Å². The third-order valence-electron chi connectivity index (χ3n) is 4.88. The van der Waals surface area contributed by atoms with E-state index in [2.05, 4.69) is 37.1 Å². The molecule has 2 aliphatic rings. The zero-order chi connectivity index (χ0) is 13.9. The summed E-state index contributed by atoms with van der Waals surface area (Å²) in [6.07, 6.45) is 6.90. The summed E-state index contributed by atoms with van der Waals surface area (Å²) < 4.78 is 0. The highest BCUT2D eigenvalue weighted by atomic mass is 15.2. The lowest BCUT2D eigenvalue weighted by Gasteiger charge is -2.40. The van der Waals surface area contributed by atoms with Crippen molar-refractivity contribution in [3.63, 3.8) is 0 Å². The number of nitrogens with zero attached hydrogens (tertiary/aromatic N) is 2. The highest BCUT2D eigenvalue weighted by molar-refractivity contribution is 5.11. The van der Waals surface area contributed by atoms with E-state index in [1.807, 2.05) is 0 Å². The molecule has 0 amide bonds. The SMILES string of the molecule is CCCNC1(C#N)CCCC(N2CCC(C)(C)C2)C1. The van der Waals surface area contributed by atoms with E-state index in [0.29, 0.717) is 11.5 Å². The van der Waals surface area contributed by atoms with Crippen LogP contribution in [0.5, 0.6) is 0 Å². The number of nitriles is 1. The van der Waals surface area contributed by atoms with Gasteiger partial charge in [-0.3, -0.25) is 10.2 Å². The third-order valence-corrected chi connectivity index (χ3v) is 4.88. The first-order chi connectivity index (χ1) is 9.00. The largest absolute Gasteiger partial charge is 0.300 e. The lowest BCUT2D eigenvalue weighted by molar-refractivity contribution is 0.133. The summed E-state index contributed by atoms with van der Waals surface area (Å²) in [7, 11) is 0. The summed E-state index contributed by atoms with van der Waals surface area (Å²) in [6, 6.07) is 3.20. The van der Waals surface area contributed by atoms with Gasteiger partial charge in [0.05, 0.1) is 6.07 Å². The fraction of sp³-hybridized carbons (Fsp3) is 0.938. The zero-order valence-corrected chi connectivity index (χ0v) is 12.8. The van der Waals surface area contributed by atoms with Gasteiger partial charge in [-0.15, -0.1) is 0 Å². The number of hydrogen-bond acceptors (Lipinski definition) is 3. The highest BCUT2D eigenvalue weighted by Crippen LogP contribution is 2.36. The molecule has 2 fully saturated rings. The molecule has 0 radical (unpaired) electrons. The van der Waals surface area contributed by atoms with E-state index in [4.69, 9.17) is 0 Å². The van der Waals surface area contributed by atoms with E-state index in [1.54, 1.807) is 0 Å². The predicted octanol–water partition coefficient (Wildman–Crippen LogP) is 2.92. The molecule has 1 heterocycles. The smallest absolute Gasteiger partial charge is 0.108 e. The van der Waals surface area contributed by atoms with Crippen LogP contribution in [0.1, 0.15) is 59.3 Å². The molecule has 3 heteroatoms. The van der Waals surface area contributed by atoms with Crippen LogP contribution in [0.4, 0.5) is 0 Å². The maximum atomic E-state index is 9.60. The van der Waals surface area contributed by atoms with Crippen molar-refractivity contribution >= 4 is 0 Å². The number of rotatable bonds is 4. The lowest BCUT2D eigenvalue weighted by atomic mass is 9.79. The van der Waals surface area contributed by atoms with Gasteiger partial charge < -0.3 is 0 Å². The molecule has 0 aromatic rings. The Morgan fingerprint density at radius 3 is 2.74 bits per heavy atom. The molecule has 2 unspecified atom stereocenters. The standard InChI is InChI=1S/C16H29N3/c1-4-9-18-16(12-17)7-5-6-14(11-16)19-10-8-15(2,3)13-19/h14,18H,4-11,13H2,1-3H3. The molecule has 1 N–H and O–H groups in total. The van der Waals surface area contributed by atoms with Crippen molar-refractivity contribution in [1.82, 2.24) is 10.2 Å². The molecule has 1 saturated carbocycles. The van der Waals surface area contributed by atoms with Gasteiger partial charge in [-0.1, -0.05) is 20.8 Å². The molecule has 0 aromatic carbocycles. The Morgan fingerprint density at radius 2 is 2.16 bits per heavy atom. The van der Waals surface area contributed by atoms with Gasteiger partial charge in [-0.05, 0) is 57.0 Å². The van der Waals surface area contributed by atoms with Crippen molar-refractivity contribution in [2.24, 2.45) is 5.41 Å². The molecule has 1 aliphatic carbocycles. The molecule has 2 atom stereocenters. The Kier molecular flexibility index (Phi) is 4.53. The van der Waals surface area contributed by atoms with Gasteiger partial charge in [0.25, 0.3) is 0 Å². The van der Waals surface area contributed by atoms with Crippen molar-refractivity contribution < 1.29 is 0 Å². The Labute approximate surface area is 118 Å². The monoisotopic (exact) mass is 263 g/mol. The van der Waals surface area contributed by atoms with Crippen LogP contribution in [0, 0.1) is 16.7 Å². The van der Waals surface area contributed by atoms with Gasteiger partial charge >= 0.3 is 0 Å². The second-order valence-electron chi connectivity index (χ2n) is 7.26. The molecule has 2 rings (SSSR count). The molecule has 0 bridgehead atoms. The van der Waals surface area contributed by atoms with Crippen LogP contribution in [-0.4, -0.2) is 36.1 Å². The summed E-state index contributed by atoms with van der Waals surface area (Å²) >= 11 is 0. The van der Waals surface area contributed by atoms with E-state index in [9.17, 15) is 5.26 Å². The van der Waals surface area contributed by atoms with E-state index in [-0.39, 0.29) is 5.54 Å². The van der Waals surface area contributed by atoms with Crippen LogP contribution in [0.15, 0.2) is 0 Å². The van der Waals surface area contributed by atoms with Crippen LogP contribution < -0.4 is 5.32 Å². The molecule has 1 saturated heterocycles. The predicted molar refractivity (Wildman–Crippen MR) is 78.9 cm³/mol. The van der Waals surface area contributed by atoms with Crippen molar-refractivity contribution in [1.29, 1.82) is 5.26 Å². The summed E-state index contributed by atoms with van der Waals surface area (Å²) in [4.78, 5) is 2.64. The number of nitrogens with one attached hydrogen (secondary N) is 1. The minimum atomic E-state index is -0.258. The summed E-state index contributed by atoms with van der Waals surface area (Å²) in [6.45, 7) is 10.3. The second kappa shape index (κ2) is 5.81. The van der Waals surface area contributed by atoms with Gasteiger partial charge in [0.15, 0.2) is 0 Å². The second-order valence-corrected chi connectivity index (χ2v) is 7.26. The Balaban J connectivity index is 1.98. The summed E-state index contributed by atoms with van der Waals surface area (Å²) in [5, 5.41) is 13.1. The number of hydrogen-bond donors (Lipinski definition) is 1. The molecule has 0 aromatic heterocycles. The molecule has 1 aliphatic heterocycles. The first-order valence-corrected chi connectivity index (χ1v) is 7.91. The summed E-state index contributed by atoms with van der Waals surface area (Å²) in [5.74, 6) is 0. The van der Waals surface area contributed by atoms with Gasteiger partial charge in [-0.25, -0.2) is 0 Å². The van der Waals surface area contributed by atoms with Crippen LogP contribution in [-0.2, 0) is 0 Å². The van der Waals surface area contributed by atoms with Crippen molar-refractivity contribution in [3.05, 3.63) is 0 Å². The Morgan fingerprint density at radius 1 is 1.37 bits per heavy atom. The minimum absolute atomic E-state index is 0.258. The summed E-state index contributed by atoms with van der Waals surface area (Å²) in [5.41, 5.74) is 0.204. The molecule has 108 valence electrons. The fourth-order valence-electron chi connectivity index (χ4n) is 3.69. The van der Waals surface area contributed by atoms with Gasteiger partial charge in [-0.2, -0.15) is 5.26 Å². The molecule has 3 nitrogen and oxygen atoms in total.